The maximum Gasteiger partial charge on any atom is 0.245 e. The Morgan fingerprint density at radius 3 is 1.40 bits per heavy atom. The molecule has 520 valence electrons. The van der Waals surface area contributed by atoms with E-state index in [4.69, 9.17) is 52.1 Å². The van der Waals surface area contributed by atoms with E-state index in [1.807, 2.05) is 43.3 Å². The lowest BCUT2D eigenvalue weighted by molar-refractivity contribution is 0.148. The summed E-state index contributed by atoms with van der Waals surface area (Å²) in [5.74, 6) is 1.49. The normalized spacial score (nSPS) is 16.1. The Kier molecular flexibility index (Phi) is 24.8. The fourth-order valence-corrected chi connectivity index (χ4v) is 13.9. The highest BCUT2D eigenvalue weighted by Gasteiger charge is 2.30. The highest BCUT2D eigenvalue weighted by molar-refractivity contribution is 7.89. The van der Waals surface area contributed by atoms with Crippen LogP contribution in [0, 0.1) is 18.6 Å². The minimum atomic E-state index is -3.72. The van der Waals surface area contributed by atoms with Gasteiger partial charge in [-0.25, -0.2) is 32.2 Å². The van der Waals surface area contributed by atoms with Crippen LogP contribution in [-0.4, -0.2) is 185 Å². The third-order valence-electron chi connectivity index (χ3n) is 17.4. The number of nitrogen functional groups attached to an aromatic ring is 1. The zero-order valence-electron chi connectivity index (χ0n) is 55.7. The number of aryl methyl sites for hydroxylation is 1. The Labute approximate surface area is 597 Å². The summed E-state index contributed by atoms with van der Waals surface area (Å²) >= 11 is 24.3. The van der Waals surface area contributed by atoms with E-state index in [1.165, 1.54) is 57.5 Å². The monoisotopic (exact) mass is 1440 g/mol. The van der Waals surface area contributed by atoms with E-state index in [0.29, 0.717) is 70.2 Å². The minimum absolute atomic E-state index is 0.0372. The number of nitrogens with two attached hydrogens (primary N) is 1. The van der Waals surface area contributed by atoms with Gasteiger partial charge in [0.2, 0.25) is 27.9 Å². The maximum absolute atomic E-state index is 13.5. The molecule has 0 aliphatic carbocycles. The smallest absolute Gasteiger partial charge is 0.245 e. The summed E-state index contributed by atoms with van der Waals surface area (Å²) in [4.78, 5) is 41.0. The molecule has 9 aromatic rings. The molecule has 28 heteroatoms. The predicted molar refractivity (Wildman–Crippen MR) is 396 cm³/mol. The van der Waals surface area contributed by atoms with Crippen LogP contribution in [0.15, 0.2) is 151 Å². The third-order valence-corrected chi connectivity index (χ3v) is 20.4. The van der Waals surface area contributed by atoms with E-state index in [2.05, 4.69) is 143 Å². The van der Waals surface area contributed by atoms with Crippen LogP contribution < -0.4 is 32.3 Å². The van der Waals surface area contributed by atoms with Gasteiger partial charge in [0.15, 0.2) is 5.82 Å². The second kappa shape index (κ2) is 33.9. The molecule has 6 aromatic carbocycles. The number of hydrogen-bond donors (Lipinski definition) is 6. The number of hydrogen-bond acceptors (Lipinski definition) is 20. The fourth-order valence-electron chi connectivity index (χ4n) is 11.4. The molecule has 4 saturated heterocycles. The second-order valence-electron chi connectivity index (χ2n) is 25.1. The Balaban J connectivity index is 0.000000151. The van der Waals surface area contributed by atoms with Gasteiger partial charge in [-0.3, -0.25) is 14.7 Å². The molecule has 4 aliphatic rings. The molecule has 0 bridgehead atoms. The predicted octanol–water partition coefficient (Wildman–Crippen LogP) is 13.6. The second-order valence-corrected chi connectivity index (χ2v) is 28.6. The van der Waals surface area contributed by atoms with Crippen molar-refractivity contribution < 1.29 is 17.2 Å². The van der Waals surface area contributed by atoms with Crippen molar-refractivity contribution in [3.8, 4) is 11.3 Å². The first-order valence-electron chi connectivity index (χ1n) is 32.8. The van der Waals surface area contributed by atoms with Crippen LogP contribution in [0.25, 0.3) is 11.3 Å². The molecule has 4 fully saturated rings. The van der Waals surface area contributed by atoms with Crippen molar-refractivity contribution in [3.05, 3.63) is 200 Å². The first-order valence-corrected chi connectivity index (χ1v) is 35.7. The van der Waals surface area contributed by atoms with Gasteiger partial charge < -0.3 is 47.0 Å². The molecule has 4 aliphatic heterocycles. The summed E-state index contributed by atoms with van der Waals surface area (Å²) in [6, 6.07) is 40.0. The van der Waals surface area contributed by atoms with Gasteiger partial charge in [-0.1, -0.05) is 82.8 Å². The standard InChI is InChI=1S/C26H31Cl2N7O2S.C23H26ClFN6.C22H24ClFN6/c1-33-12-14-34(15-13-33)18-19-4-7-21(8-5-19)30-26-29-17-22(28)25(32-26)31-23-9-6-20(27)16-24(23)38(36,37)35-10-2-3-11-35;1-16-14-26-23(29-22(16)27-19-7-8-21(25)20(24)13-19)28-18-5-3-17(4-6-18)15-31-11-9-30(2)10-12-31;1-29-8-10-30(11-9-29)14-15-2-5-17(6-3-15)26-22-27-20(13-21(25)28-22)16-4-7-19(24)18(23)12-16/h4-9,16-17H,2-3,10-15,18H2,1H3,(H2,29,30,31,32);3-8,13-14H,9-12,15H2,1-2H3,(H2,26,27,28,29);2-7,12-13H,8-11,14H2,1H3,(H3,25,26,27,28). The number of anilines is 11. The summed E-state index contributed by atoms with van der Waals surface area (Å²) in [6.07, 6.45) is 4.90. The number of halogens is 6. The van der Waals surface area contributed by atoms with Crippen LogP contribution in [0.2, 0.25) is 20.1 Å². The van der Waals surface area contributed by atoms with Gasteiger partial charge in [0.05, 0.1) is 27.6 Å². The van der Waals surface area contributed by atoms with E-state index < -0.39 is 21.7 Å². The van der Waals surface area contributed by atoms with Gasteiger partial charge in [-0.05, 0) is 149 Å². The molecule has 0 saturated carbocycles. The fraction of sp³-hybridized carbons (Fsp3) is 0.324. The van der Waals surface area contributed by atoms with Gasteiger partial charge in [0, 0.05) is 162 Å². The van der Waals surface area contributed by atoms with Crippen molar-refractivity contribution in [2.24, 2.45) is 0 Å². The molecule has 21 nitrogen and oxygen atoms in total. The summed E-state index contributed by atoms with van der Waals surface area (Å²) in [7, 11) is 2.76. The summed E-state index contributed by atoms with van der Waals surface area (Å²) < 4.78 is 54.9. The molecule has 7 N–H and O–H groups in total. The van der Waals surface area contributed by atoms with Crippen molar-refractivity contribution in [1.29, 1.82) is 0 Å². The number of likely N-dealkylation sites (N-methyl/N-ethyl adjacent to an activating group) is 3. The van der Waals surface area contributed by atoms with Crippen LogP contribution in [-0.2, 0) is 29.7 Å². The number of nitrogens with zero attached hydrogens (tertiary/aromatic N) is 13. The van der Waals surface area contributed by atoms with Crippen LogP contribution in [0.3, 0.4) is 0 Å². The molecule has 0 atom stereocenters. The average molecular weight is 1440 g/mol. The van der Waals surface area contributed by atoms with E-state index in [1.54, 1.807) is 36.5 Å². The lowest BCUT2D eigenvalue weighted by Crippen LogP contribution is -2.43. The Morgan fingerprint density at radius 1 is 0.455 bits per heavy atom. The first-order chi connectivity index (χ1) is 47.7. The van der Waals surface area contributed by atoms with E-state index in [0.717, 1.165) is 134 Å². The van der Waals surface area contributed by atoms with Crippen LogP contribution >= 0.6 is 46.4 Å². The lowest BCUT2D eigenvalue weighted by atomic mass is 10.1. The van der Waals surface area contributed by atoms with Crippen molar-refractivity contribution in [2.45, 2.75) is 44.3 Å². The minimum Gasteiger partial charge on any atom is -0.384 e. The zero-order valence-corrected chi connectivity index (χ0v) is 59.5. The number of piperazine rings is 3. The van der Waals surface area contributed by atoms with Crippen LogP contribution in [0.5, 0.6) is 0 Å². The van der Waals surface area contributed by atoms with Gasteiger partial charge in [-0.2, -0.15) is 19.3 Å². The van der Waals surface area contributed by atoms with Crippen molar-refractivity contribution >= 4 is 120 Å². The highest BCUT2D eigenvalue weighted by Crippen LogP contribution is 2.35. The summed E-state index contributed by atoms with van der Waals surface area (Å²) in [5.41, 5.74) is 15.5. The SMILES string of the molecule is CN1CCN(Cc2ccc(Nc3nc(N)cc(-c4ccc(F)c(Cl)c4)n3)cc2)CC1.CN1CCN(Cc2ccc(Nc3ncc(Cl)c(Nc4ccc(Cl)cc4S(=O)(=O)N4CCCC4)n3)cc2)CC1.Cc1cnc(Nc2ccc(CN3CCN(C)CC3)cc2)nc1Nc1ccc(F)c(Cl)c1. The molecular formula is C71H81Cl4F2N19O2S. The molecule has 7 heterocycles. The maximum atomic E-state index is 13.5. The molecule has 99 heavy (non-hydrogen) atoms. The number of rotatable bonds is 19. The van der Waals surface area contributed by atoms with Gasteiger partial charge in [0.1, 0.15) is 33.2 Å². The molecule has 0 radical (unpaired) electrons. The Bertz CT molecular complexity index is 4300. The molecule has 0 amide bonds. The number of nitrogens with one attached hydrogen (secondary N) is 5. The van der Waals surface area contributed by atoms with E-state index in [9.17, 15) is 17.2 Å². The number of sulfonamides is 1. The highest BCUT2D eigenvalue weighted by atomic mass is 35.5. The number of aromatic nitrogens is 6. The van der Waals surface area contributed by atoms with Crippen molar-refractivity contribution in [2.75, 3.05) is 145 Å². The quantitative estimate of drug-likeness (QED) is 0.0443. The van der Waals surface area contributed by atoms with Gasteiger partial charge in [-0.15, -0.1) is 0 Å². The zero-order chi connectivity index (χ0) is 69.6. The largest absolute Gasteiger partial charge is 0.384 e. The summed E-state index contributed by atoms with van der Waals surface area (Å²) in [6.45, 7) is 18.8. The topological polar surface area (TPSA) is 220 Å². The summed E-state index contributed by atoms with van der Waals surface area (Å²) in [5, 5.41) is 16.6. The molecule has 3 aromatic heterocycles. The molecule has 0 spiro atoms. The molecule has 13 rings (SSSR count). The Morgan fingerprint density at radius 2 is 0.909 bits per heavy atom. The Hall–Kier alpha value is -7.95. The van der Waals surface area contributed by atoms with Crippen molar-refractivity contribution in [1.82, 2.24) is 63.6 Å². The average Bonchev–Trinajstić information content (AvgIpc) is 1.77. The van der Waals surface area contributed by atoms with E-state index in [-0.39, 0.29) is 25.8 Å². The van der Waals surface area contributed by atoms with Crippen LogP contribution in [0.4, 0.5) is 72.5 Å². The van der Waals surface area contributed by atoms with E-state index >= 15 is 0 Å². The molecule has 0 unspecified atom stereocenters. The van der Waals surface area contributed by atoms with Crippen molar-refractivity contribution in [3.63, 3.8) is 0 Å². The van der Waals surface area contributed by atoms with Gasteiger partial charge in [0.25, 0.3) is 0 Å². The van der Waals surface area contributed by atoms with Crippen LogP contribution in [0.1, 0.15) is 35.1 Å². The lowest BCUT2D eigenvalue weighted by Gasteiger charge is -2.32. The molecular weight excluding hydrogens is 1360 g/mol. The number of benzene rings is 6. The first kappa shape index (κ1) is 72.3. The third kappa shape index (κ3) is 20.6. The van der Waals surface area contributed by atoms with Gasteiger partial charge >= 0.3 is 0 Å².